The van der Waals surface area contributed by atoms with Crippen LogP contribution in [0.1, 0.15) is 29.0 Å². The highest BCUT2D eigenvalue weighted by molar-refractivity contribution is 9.10. The number of carbonyl (C=O) groups is 2. The van der Waals surface area contributed by atoms with Crippen molar-refractivity contribution in [2.24, 2.45) is 0 Å². The van der Waals surface area contributed by atoms with E-state index in [0.717, 1.165) is 37.4 Å². The molecule has 3 aromatic carbocycles. The second-order valence-electron chi connectivity index (χ2n) is 8.61. The molecule has 2 aliphatic rings. The number of halogens is 1. The lowest BCUT2D eigenvalue weighted by atomic mass is 9.89. The molecule has 0 aromatic heterocycles. The quantitative estimate of drug-likeness (QED) is 0.457. The molecule has 0 bridgehead atoms. The number of hydroxylamine groups is 2. The maximum absolute atomic E-state index is 13.1. The van der Waals surface area contributed by atoms with Crippen LogP contribution in [0.15, 0.2) is 77.3 Å². The van der Waals surface area contributed by atoms with Crippen LogP contribution in [0.2, 0.25) is 0 Å². The van der Waals surface area contributed by atoms with Crippen LogP contribution in [0.5, 0.6) is 0 Å². The number of nitrogens with zero attached hydrogens (tertiary/aromatic N) is 1. The topological polar surface area (TPSA) is 85.3 Å². The van der Waals surface area contributed by atoms with Gasteiger partial charge in [-0.05, 0) is 39.9 Å². The van der Waals surface area contributed by atoms with E-state index in [1.807, 2.05) is 48.5 Å². The summed E-state index contributed by atoms with van der Waals surface area (Å²) >= 11 is 3.46. The molecule has 1 fully saturated rings. The number of rotatable bonds is 6. The number of carboxylic acid groups (broad SMARTS) is 1. The first-order valence-electron chi connectivity index (χ1n) is 11.3. The Morgan fingerprint density at radius 2 is 1.71 bits per heavy atom. The lowest BCUT2D eigenvalue weighted by Crippen LogP contribution is -2.51. The first-order valence-corrected chi connectivity index (χ1v) is 12.1. The summed E-state index contributed by atoms with van der Waals surface area (Å²) < 4.78 is 12.4. The molecule has 35 heavy (non-hydrogen) atoms. The second kappa shape index (κ2) is 9.81. The van der Waals surface area contributed by atoms with E-state index < -0.39 is 24.3 Å². The average molecular weight is 538 g/mol. The van der Waals surface area contributed by atoms with Crippen LogP contribution in [0, 0.1) is 0 Å². The van der Waals surface area contributed by atoms with Gasteiger partial charge in [0, 0.05) is 16.8 Å². The van der Waals surface area contributed by atoms with Crippen LogP contribution >= 0.6 is 15.9 Å². The van der Waals surface area contributed by atoms with E-state index in [0.29, 0.717) is 6.42 Å². The Hall–Kier alpha value is -3.20. The first kappa shape index (κ1) is 23.5. The maximum atomic E-state index is 13.1. The molecule has 0 spiro atoms. The number of hydrogen-bond donors (Lipinski definition) is 1. The van der Waals surface area contributed by atoms with E-state index in [2.05, 4.69) is 40.2 Å². The number of benzene rings is 3. The third-order valence-electron chi connectivity index (χ3n) is 6.51. The SMILES string of the molecule is O=C(O)COC1(c2cccc(Br)c2)CCON(C(=O)OCC2c3ccccc3-c3ccccc32)C1. The predicted molar refractivity (Wildman–Crippen MR) is 132 cm³/mol. The van der Waals surface area contributed by atoms with Gasteiger partial charge in [-0.3, -0.25) is 4.84 Å². The molecule has 1 amide bonds. The van der Waals surface area contributed by atoms with Gasteiger partial charge in [-0.2, -0.15) is 5.06 Å². The Kier molecular flexibility index (Phi) is 6.60. The molecule has 3 aromatic rings. The Balaban J connectivity index is 1.34. The number of hydrogen-bond acceptors (Lipinski definition) is 5. The summed E-state index contributed by atoms with van der Waals surface area (Å²) in [5, 5.41) is 10.4. The molecule has 1 aliphatic heterocycles. The molecular weight excluding hydrogens is 514 g/mol. The van der Waals surface area contributed by atoms with Gasteiger partial charge in [-0.1, -0.05) is 76.6 Å². The number of fused-ring (bicyclic) bond motifs is 3. The summed E-state index contributed by atoms with van der Waals surface area (Å²) in [6, 6.07) is 23.7. The maximum Gasteiger partial charge on any atom is 0.434 e. The monoisotopic (exact) mass is 537 g/mol. The summed E-state index contributed by atoms with van der Waals surface area (Å²) in [6.07, 6.45) is -0.242. The summed E-state index contributed by atoms with van der Waals surface area (Å²) in [4.78, 5) is 30.0. The standard InChI is InChI=1S/C27H24BrNO6/c28-19-7-5-6-18(14-19)27(34-16-25(30)31)12-13-35-29(17-27)26(32)33-15-24-22-10-3-1-8-20(22)21-9-2-4-11-23(21)24/h1-11,14,24H,12-13,15-17H2,(H,30,31). The molecule has 1 aliphatic carbocycles. The predicted octanol–water partition coefficient (Wildman–Crippen LogP) is 5.33. The molecule has 1 saturated heterocycles. The molecular formula is C27H24BrNO6. The van der Waals surface area contributed by atoms with Crippen LogP contribution in [-0.2, 0) is 24.7 Å². The van der Waals surface area contributed by atoms with Crippen molar-refractivity contribution in [1.29, 1.82) is 0 Å². The Labute approximate surface area is 211 Å². The zero-order valence-corrected chi connectivity index (χ0v) is 20.4. The fourth-order valence-corrected chi connectivity index (χ4v) is 5.27. The normalized spacial score (nSPS) is 19.2. The molecule has 0 saturated carbocycles. The van der Waals surface area contributed by atoms with E-state index in [-0.39, 0.29) is 25.7 Å². The molecule has 5 rings (SSSR count). The van der Waals surface area contributed by atoms with Crippen molar-refractivity contribution < 1.29 is 29.0 Å². The van der Waals surface area contributed by atoms with Gasteiger partial charge in [-0.25, -0.2) is 9.59 Å². The zero-order valence-electron chi connectivity index (χ0n) is 18.9. The van der Waals surface area contributed by atoms with Crippen LogP contribution in [0.4, 0.5) is 4.79 Å². The fraction of sp³-hybridized carbons (Fsp3) is 0.259. The van der Waals surface area contributed by atoms with Gasteiger partial charge < -0.3 is 14.6 Å². The highest BCUT2D eigenvalue weighted by Gasteiger charge is 2.42. The third kappa shape index (κ3) is 4.69. The molecule has 1 N–H and O–H groups in total. The van der Waals surface area contributed by atoms with Crippen LogP contribution < -0.4 is 0 Å². The van der Waals surface area contributed by atoms with E-state index in [1.165, 1.54) is 0 Å². The molecule has 7 nitrogen and oxygen atoms in total. The van der Waals surface area contributed by atoms with E-state index in [1.54, 1.807) is 0 Å². The summed E-state index contributed by atoms with van der Waals surface area (Å²) in [5.41, 5.74) is 4.26. The van der Waals surface area contributed by atoms with Gasteiger partial charge in [0.05, 0.1) is 13.2 Å². The smallest absolute Gasteiger partial charge is 0.434 e. The van der Waals surface area contributed by atoms with E-state index >= 15 is 0 Å². The highest BCUT2D eigenvalue weighted by atomic mass is 79.9. The van der Waals surface area contributed by atoms with E-state index in [4.69, 9.17) is 14.3 Å². The van der Waals surface area contributed by atoms with Crippen LogP contribution in [-0.4, -0.2) is 48.6 Å². The second-order valence-corrected chi connectivity index (χ2v) is 9.53. The Bertz CT molecular complexity index is 1220. The molecule has 180 valence electrons. The van der Waals surface area contributed by atoms with Crippen molar-refractivity contribution in [2.75, 3.05) is 26.4 Å². The molecule has 1 unspecified atom stereocenters. The van der Waals surface area contributed by atoms with Gasteiger partial charge in [0.15, 0.2) is 0 Å². The summed E-state index contributed by atoms with van der Waals surface area (Å²) in [7, 11) is 0. The van der Waals surface area contributed by atoms with Gasteiger partial charge in [0.25, 0.3) is 0 Å². The fourth-order valence-electron chi connectivity index (χ4n) is 4.87. The number of aliphatic carboxylic acids is 1. The van der Waals surface area contributed by atoms with Crippen molar-refractivity contribution in [3.8, 4) is 11.1 Å². The Morgan fingerprint density at radius 3 is 2.37 bits per heavy atom. The zero-order chi connectivity index (χ0) is 24.4. The molecule has 1 heterocycles. The third-order valence-corrected chi connectivity index (χ3v) is 7.01. The number of carboxylic acids is 1. The van der Waals surface area contributed by atoms with Crippen molar-refractivity contribution in [2.45, 2.75) is 17.9 Å². The summed E-state index contributed by atoms with van der Waals surface area (Å²) in [6.45, 7) is -0.151. The minimum atomic E-state index is -1.08. The number of amides is 1. The van der Waals surface area contributed by atoms with Gasteiger partial charge >= 0.3 is 12.1 Å². The lowest BCUT2D eigenvalue weighted by Gasteiger charge is -2.41. The van der Waals surface area contributed by atoms with Crippen molar-refractivity contribution >= 4 is 28.0 Å². The molecule has 8 heteroatoms. The molecule has 0 radical (unpaired) electrons. The Morgan fingerprint density at radius 1 is 1.03 bits per heavy atom. The minimum absolute atomic E-state index is 0.00735. The van der Waals surface area contributed by atoms with Gasteiger partial charge in [-0.15, -0.1) is 0 Å². The summed E-state index contributed by atoms with van der Waals surface area (Å²) in [5.74, 6) is -1.16. The molecule has 1 atom stereocenters. The average Bonchev–Trinajstić information content (AvgIpc) is 3.20. The number of ether oxygens (including phenoxy) is 2. The lowest BCUT2D eigenvalue weighted by molar-refractivity contribution is -0.230. The van der Waals surface area contributed by atoms with E-state index in [9.17, 15) is 14.7 Å². The number of carbonyl (C=O) groups excluding carboxylic acids is 1. The van der Waals surface area contributed by atoms with Crippen molar-refractivity contribution in [1.82, 2.24) is 5.06 Å². The van der Waals surface area contributed by atoms with Crippen molar-refractivity contribution in [3.63, 3.8) is 0 Å². The van der Waals surface area contributed by atoms with Gasteiger partial charge in [0.1, 0.15) is 18.8 Å². The van der Waals surface area contributed by atoms with Crippen LogP contribution in [0.25, 0.3) is 11.1 Å². The highest BCUT2D eigenvalue weighted by Crippen LogP contribution is 2.44. The minimum Gasteiger partial charge on any atom is -0.480 e. The largest absolute Gasteiger partial charge is 0.480 e. The van der Waals surface area contributed by atoms with Crippen molar-refractivity contribution in [3.05, 3.63) is 94.0 Å². The van der Waals surface area contributed by atoms with Gasteiger partial charge in [0.2, 0.25) is 0 Å². The van der Waals surface area contributed by atoms with Crippen LogP contribution in [0.3, 0.4) is 0 Å². The first-order chi connectivity index (χ1) is 17.0.